The highest BCUT2D eigenvalue weighted by molar-refractivity contribution is 6.29. The minimum atomic E-state index is 0.174. The molecule has 0 fully saturated rings. The lowest BCUT2D eigenvalue weighted by molar-refractivity contribution is 1.08. The van der Waals surface area contributed by atoms with Gasteiger partial charge in [-0.3, -0.25) is 5.41 Å². The van der Waals surface area contributed by atoms with Crippen LogP contribution in [0.2, 0.25) is 5.15 Å². The van der Waals surface area contributed by atoms with Gasteiger partial charge in [0.2, 0.25) is 0 Å². The Morgan fingerprint density at radius 2 is 2.46 bits per heavy atom. The molecule has 0 atom stereocenters. The molecule has 0 bridgehead atoms. The molecule has 0 radical (unpaired) electrons. The Balaban J connectivity index is 2.41. The Morgan fingerprint density at radius 3 is 3.08 bits per heavy atom. The van der Waals surface area contributed by atoms with Gasteiger partial charge < -0.3 is 11.1 Å². The first-order valence-corrected chi connectivity index (χ1v) is 4.24. The zero-order valence-corrected chi connectivity index (χ0v) is 7.80. The van der Waals surface area contributed by atoms with Gasteiger partial charge in [-0.05, 0) is 12.1 Å². The summed E-state index contributed by atoms with van der Waals surface area (Å²) in [6, 6.07) is 3.54. The summed E-state index contributed by atoms with van der Waals surface area (Å²) in [5.74, 6) is 0.174. The lowest BCUT2D eigenvalue weighted by Crippen LogP contribution is -2.15. The van der Waals surface area contributed by atoms with E-state index >= 15 is 0 Å². The second-order valence-electron chi connectivity index (χ2n) is 2.57. The zero-order valence-electron chi connectivity index (χ0n) is 7.05. The van der Waals surface area contributed by atoms with Gasteiger partial charge in [0.25, 0.3) is 0 Å². The van der Waals surface area contributed by atoms with Gasteiger partial charge in [0, 0.05) is 24.8 Å². The van der Waals surface area contributed by atoms with E-state index in [-0.39, 0.29) is 5.84 Å². The van der Waals surface area contributed by atoms with Crippen molar-refractivity contribution >= 4 is 23.1 Å². The lowest BCUT2D eigenvalue weighted by Gasteiger charge is -2.04. The first-order valence-electron chi connectivity index (χ1n) is 3.87. The van der Waals surface area contributed by atoms with Crippen molar-refractivity contribution in [3.63, 3.8) is 0 Å². The molecule has 13 heavy (non-hydrogen) atoms. The number of halogens is 1. The van der Waals surface area contributed by atoms with Gasteiger partial charge in [0.1, 0.15) is 5.15 Å². The molecule has 1 aromatic rings. The Hall–Kier alpha value is -1.29. The average Bonchev–Trinajstić information content (AvgIpc) is 2.03. The van der Waals surface area contributed by atoms with E-state index < -0.39 is 0 Å². The number of hydrogen-bond acceptors (Lipinski definition) is 3. The quantitative estimate of drug-likeness (QED) is 0.390. The fourth-order valence-electron chi connectivity index (χ4n) is 0.854. The van der Waals surface area contributed by atoms with E-state index in [4.69, 9.17) is 22.7 Å². The van der Waals surface area contributed by atoms with Crippen LogP contribution in [0.3, 0.4) is 0 Å². The third-order valence-corrected chi connectivity index (χ3v) is 1.66. The molecule has 0 aliphatic rings. The van der Waals surface area contributed by atoms with Gasteiger partial charge in [0.15, 0.2) is 0 Å². The van der Waals surface area contributed by atoms with Gasteiger partial charge in [-0.1, -0.05) is 11.6 Å². The normalized spacial score (nSPS) is 9.62. The topological polar surface area (TPSA) is 74.8 Å². The van der Waals surface area contributed by atoms with Crippen molar-refractivity contribution in [3.8, 4) is 0 Å². The van der Waals surface area contributed by atoms with Crippen molar-refractivity contribution in [2.75, 3.05) is 11.9 Å². The van der Waals surface area contributed by atoms with Crippen LogP contribution in [0.1, 0.15) is 6.42 Å². The van der Waals surface area contributed by atoms with Crippen LogP contribution in [0.15, 0.2) is 18.3 Å². The Bertz CT molecular complexity index is 300. The maximum atomic E-state index is 7.00. The number of aromatic nitrogens is 1. The van der Waals surface area contributed by atoms with E-state index in [9.17, 15) is 0 Å². The van der Waals surface area contributed by atoms with Crippen molar-refractivity contribution in [3.05, 3.63) is 23.5 Å². The lowest BCUT2D eigenvalue weighted by atomic mass is 10.3. The third kappa shape index (κ3) is 3.75. The van der Waals surface area contributed by atoms with Crippen LogP contribution in [0.5, 0.6) is 0 Å². The number of pyridine rings is 1. The highest BCUT2D eigenvalue weighted by Gasteiger charge is 1.94. The van der Waals surface area contributed by atoms with E-state index in [1.165, 1.54) is 0 Å². The van der Waals surface area contributed by atoms with E-state index in [0.717, 1.165) is 5.69 Å². The number of nitrogens with one attached hydrogen (secondary N) is 2. The summed E-state index contributed by atoms with van der Waals surface area (Å²) >= 11 is 5.67. The predicted molar refractivity (Wildman–Crippen MR) is 54.3 cm³/mol. The average molecular weight is 199 g/mol. The van der Waals surface area contributed by atoms with Crippen LogP contribution in [0.4, 0.5) is 5.69 Å². The molecule has 5 heteroatoms. The van der Waals surface area contributed by atoms with Crippen molar-refractivity contribution in [1.29, 1.82) is 5.41 Å². The fraction of sp³-hybridized carbons (Fsp3) is 0.250. The van der Waals surface area contributed by atoms with Crippen LogP contribution in [0.25, 0.3) is 0 Å². The van der Waals surface area contributed by atoms with Gasteiger partial charge in [-0.2, -0.15) is 0 Å². The summed E-state index contributed by atoms with van der Waals surface area (Å²) in [6.07, 6.45) is 2.15. The summed E-state index contributed by atoms with van der Waals surface area (Å²) in [5.41, 5.74) is 6.08. The molecule has 0 saturated heterocycles. The van der Waals surface area contributed by atoms with Crippen LogP contribution < -0.4 is 11.1 Å². The maximum absolute atomic E-state index is 7.00. The van der Waals surface area contributed by atoms with Gasteiger partial charge >= 0.3 is 0 Å². The van der Waals surface area contributed by atoms with Crippen LogP contribution in [-0.4, -0.2) is 17.4 Å². The van der Waals surface area contributed by atoms with E-state index in [2.05, 4.69) is 10.3 Å². The third-order valence-electron chi connectivity index (χ3n) is 1.45. The van der Waals surface area contributed by atoms with E-state index in [1.807, 2.05) is 6.07 Å². The van der Waals surface area contributed by atoms with E-state index in [1.54, 1.807) is 12.3 Å². The Labute approximate surface area is 81.6 Å². The van der Waals surface area contributed by atoms with Crippen molar-refractivity contribution in [1.82, 2.24) is 4.98 Å². The largest absolute Gasteiger partial charge is 0.388 e. The maximum Gasteiger partial charge on any atom is 0.131 e. The van der Waals surface area contributed by atoms with Crippen molar-refractivity contribution < 1.29 is 0 Å². The van der Waals surface area contributed by atoms with Crippen LogP contribution in [0, 0.1) is 5.41 Å². The SMILES string of the molecule is N=C(N)CCNc1ccnc(Cl)c1. The second-order valence-corrected chi connectivity index (χ2v) is 2.96. The number of rotatable bonds is 4. The highest BCUT2D eigenvalue weighted by atomic mass is 35.5. The van der Waals surface area contributed by atoms with Gasteiger partial charge in [-0.15, -0.1) is 0 Å². The number of anilines is 1. The molecule has 1 rings (SSSR count). The first-order chi connectivity index (χ1) is 6.18. The summed E-state index contributed by atoms with van der Waals surface area (Å²) in [7, 11) is 0. The molecule has 1 aromatic heterocycles. The number of amidine groups is 1. The molecule has 4 nitrogen and oxygen atoms in total. The van der Waals surface area contributed by atoms with Crippen molar-refractivity contribution in [2.24, 2.45) is 5.73 Å². The summed E-state index contributed by atoms with van der Waals surface area (Å²) in [5, 5.41) is 10.5. The highest BCUT2D eigenvalue weighted by Crippen LogP contribution is 2.11. The molecule has 0 amide bonds. The van der Waals surface area contributed by atoms with Crippen LogP contribution in [-0.2, 0) is 0 Å². The number of nitrogens with two attached hydrogens (primary N) is 1. The summed E-state index contributed by atoms with van der Waals surface area (Å²) < 4.78 is 0. The zero-order chi connectivity index (χ0) is 9.68. The fourth-order valence-corrected chi connectivity index (χ4v) is 1.03. The molecule has 0 unspecified atom stereocenters. The second kappa shape index (κ2) is 4.67. The molecule has 1 heterocycles. The molecule has 0 aliphatic carbocycles. The molecule has 0 spiro atoms. The molecular weight excluding hydrogens is 188 g/mol. The molecule has 0 aliphatic heterocycles. The molecule has 70 valence electrons. The van der Waals surface area contributed by atoms with Gasteiger partial charge in [-0.25, -0.2) is 4.98 Å². The van der Waals surface area contributed by atoms with Crippen molar-refractivity contribution in [2.45, 2.75) is 6.42 Å². The molecular formula is C8H11ClN4. The standard InChI is InChI=1S/C8H11ClN4/c9-7-5-6(1-3-13-7)12-4-2-8(10)11/h1,3,5H,2,4H2,(H3,10,11)(H,12,13). The Morgan fingerprint density at radius 1 is 1.69 bits per heavy atom. The molecule has 4 N–H and O–H groups in total. The van der Waals surface area contributed by atoms with E-state index in [0.29, 0.717) is 18.1 Å². The monoisotopic (exact) mass is 198 g/mol. The first kappa shape index (κ1) is 9.80. The smallest absolute Gasteiger partial charge is 0.131 e. The number of nitrogens with zero attached hydrogens (tertiary/aromatic N) is 1. The Kier molecular flexibility index (Phi) is 3.52. The summed E-state index contributed by atoms with van der Waals surface area (Å²) in [4.78, 5) is 3.84. The minimum Gasteiger partial charge on any atom is -0.388 e. The molecule has 0 saturated carbocycles. The molecule has 0 aromatic carbocycles. The van der Waals surface area contributed by atoms with Crippen LogP contribution >= 0.6 is 11.6 Å². The minimum absolute atomic E-state index is 0.174. The predicted octanol–water partition coefficient (Wildman–Crippen LogP) is 1.47. The summed E-state index contributed by atoms with van der Waals surface area (Å²) in [6.45, 7) is 0.635. The van der Waals surface area contributed by atoms with Gasteiger partial charge in [0.05, 0.1) is 5.84 Å². The number of hydrogen-bond donors (Lipinski definition) is 3.